The van der Waals surface area contributed by atoms with Crippen molar-refractivity contribution in [3.63, 3.8) is 0 Å². The maximum Gasteiger partial charge on any atom is 0.231 e. The highest BCUT2D eigenvalue weighted by Gasteiger charge is 2.26. The summed E-state index contributed by atoms with van der Waals surface area (Å²) in [5.74, 6) is 0.0631. The summed E-state index contributed by atoms with van der Waals surface area (Å²) in [5, 5.41) is 0.664. The van der Waals surface area contributed by atoms with Gasteiger partial charge in [-0.3, -0.25) is 9.69 Å². The van der Waals surface area contributed by atoms with Crippen LogP contribution in [-0.4, -0.2) is 29.9 Å². The topological polar surface area (TPSA) is 72.3 Å². The molecule has 0 bridgehead atoms. The first-order valence-electron chi connectivity index (χ1n) is 6.84. The van der Waals surface area contributed by atoms with Gasteiger partial charge in [0.2, 0.25) is 5.91 Å². The largest absolute Gasteiger partial charge is 0.369 e. The number of amides is 1. The number of nitrogens with zero attached hydrogens (tertiary/aromatic N) is 1. The lowest BCUT2D eigenvalue weighted by Crippen LogP contribution is -2.45. The number of benzene rings is 1. The van der Waals surface area contributed by atoms with Crippen LogP contribution < -0.4 is 11.5 Å². The van der Waals surface area contributed by atoms with E-state index in [4.69, 9.17) is 23.1 Å². The molecule has 0 saturated heterocycles. The second-order valence-electron chi connectivity index (χ2n) is 5.65. The lowest BCUT2D eigenvalue weighted by molar-refractivity contribution is -0.120. The van der Waals surface area contributed by atoms with Crippen molar-refractivity contribution in [1.29, 1.82) is 0 Å². The summed E-state index contributed by atoms with van der Waals surface area (Å²) in [6.07, 6.45) is 0. The van der Waals surface area contributed by atoms with Crippen molar-refractivity contribution in [2.45, 2.75) is 32.9 Å². The van der Waals surface area contributed by atoms with Crippen LogP contribution in [0.2, 0.25) is 5.02 Å². The Hall–Kier alpha value is -1.10. The van der Waals surface area contributed by atoms with E-state index in [0.29, 0.717) is 10.9 Å². The number of rotatable bonds is 7. The minimum absolute atomic E-state index is 0.0800. The van der Waals surface area contributed by atoms with E-state index in [1.807, 2.05) is 36.1 Å². The van der Waals surface area contributed by atoms with Gasteiger partial charge in [-0.25, -0.2) is 0 Å². The summed E-state index contributed by atoms with van der Waals surface area (Å²) in [6, 6.07) is 7.38. The molecule has 2 atom stereocenters. The molecule has 0 aliphatic carbocycles. The molecule has 0 aromatic heterocycles. The van der Waals surface area contributed by atoms with Gasteiger partial charge in [0.1, 0.15) is 0 Å². The lowest BCUT2D eigenvalue weighted by Gasteiger charge is -2.35. The zero-order chi connectivity index (χ0) is 15.3. The third kappa shape index (κ3) is 5.12. The van der Waals surface area contributed by atoms with E-state index in [1.54, 1.807) is 0 Å². The quantitative estimate of drug-likeness (QED) is 0.810. The van der Waals surface area contributed by atoms with E-state index in [-0.39, 0.29) is 24.5 Å². The Morgan fingerprint density at radius 1 is 1.35 bits per heavy atom. The minimum Gasteiger partial charge on any atom is -0.369 e. The van der Waals surface area contributed by atoms with Gasteiger partial charge in [-0.15, -0.1) is 0 Å². The summed E-state index contributed by atoms with van der Waals surface area (Å²) >= 11 is 6.06. The van der Waals surface area contributed by atoms with Gasteiger partial charge in [-0.05, 0) is 30.5 Å². The number of hydrogen-bond donors (Lipinski definition) is 2. The third-order valence-electron chi connectivity index (χ3n) is 3.04. The van der Waals surface area contributed by atoms with Gasteiger partial charge in [0.15, 0.2) is 0 Å². The van der Waals surface area contributed by atoms with Gasteiger partial charge < -0.3 is 11.5 Å². The summed E-state index contributed by atoms with van der Waals surface area (Å²) in [5.41, 5.74) is 12.5. The van der Waals surface area contributed by atoms with E-state index < -0.39 is 0 Å². The van der Waals surface area contributed by atoms with Crippen molar-refractivity contribution in [1.82, 2.24) is 4.90 Å². The Balaban J connectivity index is 3.09. The molecule has 112 valence electrons. The van der Waals surface area contributed by atoms with Crippen LogP contribution >= 0.6 is 11.6 Å². The fraction of sp³-hybridized carbons (Fsp3) is 0.533. The van der Waals surface area contributed by atoms with Crippen molar-refractivity contribution in [2.24, 2.45) is 17.4 Å². The predicted molar refractivity (Wildman–Crippen MR) is 83.4 cm³/mol. The van der Waals surface area contributed by atoms with E-state index in [9.17, 15) is 4.79 Å². The first kappa shape index (κ1) is 17.0. The summed E-state index contributed by atoms with van der Waals surface area (Å²) in [7, 11) is 0. The van der Waals surface area contributed by atoms with Gasteiger partial charge in [0.25, 0.3) is 0 Å². The second kappa shape index (κ2) is 7.62. The van der Waals surface area contributed by atoms with Gasteiger partial charge in [0, 0.05) is 17.6 Å². The molecule has 4 nitrogen and oxygen atoms in total. The molecule has 0 radical (unpaired) electrons. The Morgan fingerprint density at radius 3 is 2.45 bits per heavy atom. The molecule has 5 heteroatoms. The van der Waals surface area contributed by atoms with Crippen LogP contribution in [0.15, 0.2) is 24.3 Å². The van der Waals surface area contributed by atoms with Crippen molar-refractivity contribution < 1.29 is 4.79 Å². The SMILES string of the molecule is CC(C)CN(CC(N)=O)C(c1cccc(Cl)c1)C(C)N. The second-order valence-corrected chi connectivity index (χ2v) is 6.08. The predicted octanol–water partition coefficient (Wildman–Crippen LogP) is 2.17. The fourth-order valence-corrected chi connectivity index (χ4v) is 2.68. The van der Waals surface area contributed by atoms with Gasteiger partial charge >= 0.3 is 0 Å². The molecule has 1 aromatic carbocycles. The molecule has 0 heterocycles. The summed E-state index contributed by atoms with van der Waals surface area (Å²) in [6.45, 7) is 7.08. The lowest BCUT2D eigenvalue weighted by atomic mass is 9.98. The average molecular weight is 298 g/mol. The standard InChI is InChI=1S/C15H24ClN3O/c1-10(2)8-19(9-14(18)20)15(11(3)17)12-5-4-6-13(16)7-12/h4-7,10-11,15H,8-9,17H2,1-3H3,(H2,18,20). The zero-order valence-corrected chi connectivity index (χ0v) is 13.1. The maximum absolute atomic E-state index is 11.3. The summed E-state index contributed by atoms with van der Waals surface area (Å²) in [4.78, 5) is 13.4. The van der Waals surface area contributed by atoms with E-state index in [2.05, 4.69) is 13.8 Å². The molecule has 1 aromatic rings. The van der Waals surface area contributed by atoms with Crippen LogP contribution in [0.3, 0.4) is 0 Å². The Morgan fingerprint density at radius 2 is 2.00 bits per heavy atom. The zero-order valence-electron chi connectivity index (χ0n) is 12.3. The van der Waals surface area contributed by atoms with E-state index >= 15 is 0 Å². The number of primary amides is 1. The summed E-state index contributed by atoms with van der Waals surface area (Å²) < 4.78 is 0. The van der Waals surface area contributed by atoms with Crippen LogP contribution in [0, 0.1) is 5.92 Å². The molecule has 0 aliphatic rings. The monoisotopic (exact) mass is 297 g/mol. The molecule has 4 N–H and O–H groups in total. The molecule has 0 spiro atoms. The highest BCUT2D eigenvalue weighted by molar-refractivity contribution is 6.30. The van der Waals surface area contributed by atoms with Crippen molar-refractivity contribution in [2.75, 3.05) is 13.1 Å². The smallest absolute Gasteiger partial charge is 0.231 e. The van der Waals surface area contributed by atoms with E-state index in [0.717, 1.165) is 12.1 Å². The number of carbonyl (C=O) groups excluding carboxylic acids is 1. The Bertz CT molecular complexity index is 448. The maximum atomic E-state index is 11.3. The van der Waals surface area contributed by atoms with Gasteiger partial charge in [-0.1, -0.05) is 37.6 Å². The first-order chi connectivity index (χ1) is 9.31. The van der Waals surface area contributed by atoms with E-state index in [1.165, 1.54) is 0 Å². The molecule has 2 unspecified atom stereocenters. The Labute approximate surface area is 126 Å². The van der Waals surface area contributed by atoms with Crippen LogP contribution in [0.4, 0.5) is 0 Å². The normalized spacial score (nSPS) is 14.6. The number of halogens is 1. The van der Waals surface area contributed by atoms with Crippen molar-refractivity contribution >= 4 is 17.5 Å². The fourth-order valence-electron chi connectivity index (χ4n) is 2.48. The molecule has 0 aliphatic heterocycles. The van der Waals surface area contributed by atoms with Gasteiger partial charge in [-0.2, -0.15) is 0 Å². The third-order valence-corrected chi connectivity index (χ3v) is 3.28. The molecule has 20 heavy (non-hydrogen) atoms. The highest BCUT2D eigenvalue weighted by atomic mass is 35.5. The average Bonchev–Trinajstić information content (AvgIpc) is 2.26. The van der Waals surface area contributed by atoms with Gasteiger partial charge in [0.05, 0.1) is 12.6 Å². The number of nitrogens with two attached hydrogens (primary N) is 2. The van der Waals surface area contributed by atoms with Crippen LogP contribution in [0.5, 0.6) is 0 Å². The molecular formula is C15H24ClN3O. The molecule has 1 amide bonds. The molecule has 0 saturated carbocycles. The van der Waals surface area contributed by atoms with Crippen molar-refractivity contribution in [3.8, 4) is 0 Å². The van der Waals surface area contributed by atoms with Crippen molar-refractivity contribution in [3.05, 3.63) is 34.9 Å². The Kier molecular flexibility index (Phi) is 6.46. The number of hydrogen-bond acceptors (Lipinski definition) is 3. The van der Waals surface area contributed by atoms with Crippen LogP contribution in [0.1, 0.15) is 32.4 Å². The van der Waals surface area contributed by atoms with Crippen LogP contribution in [0.25, 0.3) is 0 Å². The minimum atomic E-state index is -0.349. The van der Waals surface area contributed by atoms with Crippen LogP contribution in [-0.2, 0) is 4.79 Å². The highest BCUT2D eigenvalue weighted by Crippen LogP contribution is 2.26. The first-order valence-corrected chi connectivity index (χ1v) is 7.22. The molecule has 1 rings (SSSR count). The number of carbonyl (C=O) groups is 1. The molecular weight excluding hydrogens is 274 g/mol. The molecule has 0 fully saturated rings.